The number of hydrogen-bond donors (Lipinski definition) is 0. The predicted molar refractivity (Wildman–Crippen MR) is 141 cm³/mol. The lowest BCUT2D eigenvalue weighted by atomic mass is 9.83. The summed E-state index contributed by atoms with van der Waals surface area (Å²) in [5.74, 6) is 1.41. The predicted octanol–water partition coefficient (Wildman–Crippen LogP) is 8.17. The minimum Gasteiger partial charge on any atom is -0.489 e. The van der Waals surface area contributed by atoms with E-state index in [4.69, 9.17) is 4.74 Å². The molecule has 4 heteroatoms. The van der Waals surface area contributed by atoms with Gasteiger partial charge in [-0.2, -0.15) is 0 Å². The summed E-state index contributed by atoms with van der Waals surface area (Å²) in [4.78, 5) is 5.04. The van der Waals surface area contributed by atoms with Crippen molar-refractivity contribution in [1.29, 1.82) is 0 Å². The quantitative estimate of drug-likeness (QED) is 0.433. The summed E-state index contributed by atoms with van der Waals surface area (Å²) in [6.07, 6.45) is 8.32. The minimum atomic E-state index is -0.230. The van der Waals surface area contributed by atoms with Gasteiger partial charge in [-0.15, -0.1) is 0 Å². The van der Waals surface area contributed by atoms with E-state index in [9.17, 15) is 4.39 Å². The maximum atomic E-state index is 13.6. The van der Waals surface area contributed by atoms with Crippen LogP contribution in [0.2, 0.25) is 0 Å². The Balaban J connectivity index is 0.00000148. The van der Waals surface area contributed by atoms with Crippen LogP contribution in [0.5, 0.6) is 5.75 Å². The Morgan fingerprint density at radius 1 is 0.906 bits per heavy atom. The standard InChI is InChI=1S/C22H35FN2O.3C2H6/c1-4-5-18-6-9-20(10-7-18)24-12-14-25(15-13-24)21-11-8-19(23)16-22(21)26-17(2)3;3*1-2/h8,11,16-18,20H,4-7,9-10,12-15H2,1-3H3;3*1-2H3. The van der Waals surface area contributed by atoms with Crippen molar-refractivity contribution >= 4 is 5.69 Å². The average molecular weight is 453 g/mol. The molecule has 2 fully saturated rings. The molecule has 0 bridgehead atoms. The van der Waals surface area contributed by atoms with Crippen LogP contribution < -0.4 is 9.64 Å². The van der Waals surface area contributed by atoms with E-state index >= 15 is 0 Å². The van der Waals surface area contributed by atoms with Gasteiger partial charge in [-0.05, 0) is 57.6 Å². The van der Waals surface area contributed by atoms with E-state index in [0.717, 1.165) is 43.8 Å². The zero-order valence-corrected chi connectivity index (χ0v) is 22.7. The highest BCUT2D eigenvalue weighted by Crippen LogP contribution is 2.33. The molecule has 0 atom stereocenters. The van der Waals surface area contributed by atoms with Gasteiger partial charge in [-0.1, -0.05) is 61.3 Å². The third kappa shape index (κ3) is 10.1. The highest BCUT2D eigenvalue weighted by Gasteiger charge is 2.28. The highest BCUT2D eigenvalue weighted by molar-refractivity contribution is 5.59. The summed E-state index contributed by atoms with van der Waals surface area (Å²) < 4.78 is 19.5. The molecule has 0 unspecified atom stereocenters. The highest BCUT2D eigenvalue weighted by atomic mass is 19.1. The van der Waals surface area contributed by atoms with Crippen LogP contribution in [0.15, 0.2) is 18.2 Å². The van der Waals surface area contributed by atoms with Crippen molar-refractivity contribution in [3.8, 4) is 5.75 Å². The molecule has 32 heavy (non-hydrogen) atoms. The molecule has 1 aliphatic heterocycles. The molecule has 1 aromatic carbocycles. The lowest BCUT2D eigenvalue weighted by Crippen LogP contribution is -2.51. The van der Waals surface area contributed by atoms with E-state index in [1.165, 1.54) is 44.6 Å². The molecule has 0 radical (unpaired) electrons. The fraction of sp³-hybridized carbons (Fsp3) is 0.786. The van der Waals surface area contributed by atoms with E-state index in [1.54, 1.807) is 6.07 Å². The van der Waals surface area contributed by atoms with Gasteiger partial charge in [0.25, 0.3) is 0 Å². The second-order valence-corrected chi connectivity index (χ2v) is 8.26. The number of ether oxygens (including phenoxy) is 1. The molecule has 0 spiro atoms. The Morgan fingerprint density at radius 2 is 1.47 bits per heavy atom. The van der Waals surface area contributed by atoms with E-state index in [1.807, 2.05) is 61.5 Å². The molecule has 1 saturated carbocycles. The summed E-state index contributed by atoms with van der Waals surface area (Å²) in [7, 11) is 0. The van der Waals surface area contributed by atoms with Crippen LogP contribution in [-0.2, 0) is 0 Å². The number of nitrogens with zero attached hydrogens (tertiary/aromatic N) is 2. The Morgan fingerprint density at radius 3 is 1.97 bits per heavy atom. The molecule has 0 aromatic heterocycles. The average Bonchev–Trinajstić information content (AvgIpc) is 2.84. The third-order valence-electron chi connectivity index (χ3n) is 5.97. The van der Waals surface area contributed by atoms with Gasteiger partial charge in [0.2, 0.25) is 0 Å². The first-order chi connectivity index (χ1) is 15.6. The largest absolute Gasteiger partial charge is 0.489 e. The fourth-order valence-electron chi connectivity index (χ4n) is 4.63. The van der Waals surface area contributed by atoms with Crippen molar-refractivity contribution in [1.82, 2.24) is 4.90 Å². The SMILES string of the molecule is CC.CC.CC.CCCC1CCC(N2CCN(c3ccc(F)cc3OC(C)C)CC2)CC1. The van der Waals surface area contributed by atoms with E-state index in [-0.39, 0.29) is 11.9 Å². The number of anilines is 1. The lowest BCUT2D eigenvalue weighted by Gasteiger charge is -2.43. The van der Waals surface area contributed by atoms with Gasteiger partial charge in [0, 0.05) is 38.3 Å². The van der Waals surface area contributed by atoms with Crippen LogP contribution in [0.1, 0.15) is 101 Å². The molecular weight excluding hydrogens is 399 g/mol. The van der Waals surface area contributed by atoms with Crippen LogP contribution in [0, 0.1) is 11.7 Å². The van der Waals surface area contributed by atoms with Crippen LogP contribution in [-0.4, -0.2) is 43.2 Å². The normalized spacial score (nSPS) is 20.8. The van der Waals surface area contributed by atoms with Crippen LogP contribution in [0.25, 0.3) is 0 Å². The minimum absolute atomic E-state index is 0.0511. The molecule has 0 N–H and O–H groups in total. The summed E-state index contributed by atoms with van der Waals surface area (Å²) in [5.41, 5.74) is 1.03. The van der Waals surface area contributed by atoms with Crippen molar-refractivity contribution in [2.75, 3.05) is 31.1 Å². The Hall–Kier alpha value is -1.29. The van der Waals surface area contributed by atoms with Crippen molar-refractivity contribution in [3.05, 3.63) is 24.0 Å². The van der Waals surface area contributed by atoms with Crippen LogP contribution in [0.4, 0.5) is 10.1 Å². The van der Waals surface area contributed by atoms with Crippen molar-refractivity contribution < 1.29 is 9.13 Å². The van der Waals surface area contributed by atoms with Crippen molar-refractivity contribution in [2.24, 2.45) is 5.92 Å². The number of hydrogen-bond acceptors (Lipinski definition) is 3. The molecule has 0 amide bonds. The summed E-state index contributed by atoms with van der Waals surface area (Å²) >= 11 is 0. The second kappa shape index (κ2) is 18.2. The first kappa shape index (κ1) is 30.7. The molecular formula is C28H53FN2O. The zero-order chi connectivity index (χ0) is 24.5. The van der Waals surface area contributed by atoms with E-state index in [2.05, 4.69) is 16.7 Å². The van der Waals surface area contributed by atoms with Gasteiger partial charge >= 0.3 is 0 Å². The van der Waals surface area contributed by atoms with E-state index in [0.29, 0.717) is 5.75 Å². The smallest absolute Gasteiger partial charge is 0.145 e. The first-order valence-electron chi connectivity index (χ1n) is 13.5. The van der Waals surface area contributed by atoms with Gasteiger partial charge in [0.05, 0.1) is 11.8 Å². The summed E-state index contributed by atoms with van der Waals surface area (Å²) in [5, 5.41) is 0. The molecule has 1 saturated heterocycles. The molecule has 2 aliphatic rings. The van der Waals surface area contributed by atoms with Crippen molar-refractivity contribution in [3.63, 3.8) is 0 Å². The van der Waals surface area contributed by atoms with Gasteiger partial charge in [0.1, 0.15) is 11.6 Å². The maximum Gasteiger partial charge on any atom is 0.145 e. The Labute approximate surface area is 199 Å². The third-order valence-corrected chi connectivity index (χ3v) is 5.97. The number of halogens is 1. The monoisotopic (exact) mass is 452 g/mol. The number of piperazine rings is 1. The number of rotatable bonds is 6. The van der Waals surface area contributed by atoms with Gasteiger partial charge in [-0.25, -0.2) is 4.39 Å². The molecule has 3 nitrogen and oxygen atoms in total. The Bertz CT molecular complexity index is 563. The number of benzene rings is 1. The molecule has 1 aliphatic carbocycles. The zero-order valence-electron chi connectivity index (χ0n) is 22.7. The molecule has 3 rings (SSSR count). The molecule has 1 heterocycles. The lowest BCUT2D eigenvalue weighted by molar-refractivity contribution is 0.126. The summed E-state index contributed by atoms with van der Waals surface area (Å²) in [6.45, 7) is 22.5. The topological polar surface area (TPSA) is 15.7 Å². The van der Waals surface area contributed by atoms with Crippen LogP contribution >= 0.6 is 0 Å². The Kier molecular flexibility index (Phi) is 17.4. The fourth-order valence-corrected chi connectivity index (χ4v) is 4.63. The van der Waals surface area contributed by atoms with Gasteiger partial charge in [0.15, 0.2) is 0 Å². The first-order valence-corrected chi connectivity index (χ1v) is 13.5. The van der Waals surface area contributed by atoms with E-state index < -0.39 is 0 Å². The molecule has 1 aromatic rings. The summed E-state index contributed by atoms with van der Waals surface area (Å²) in [6, 6.07) is 5.71. The van der Waals surface area contributed by atoms with Gasteiger partial charge in [-0.3, -0.25) is 4.90 Å². The van der Waals surface area contributed by atoms with Gasteiger partial charge < -0.3 is 9.64 Å². The van der Waals surface area contributed by atoms with Crippen LogP contribution in [0.3, 0.4) is 0 Å². The van der Waals surface area contributed by atoms with Crippen molar-refractivity contribution in [2.45, 2.75) is 113 Å². The second-order valence-electron chi connectivity index (χ2n) is 8.26. The molecule has 188 valence electrons. The maximum absolute atomic E-state index is 13.6.